The first kappa shape index (κ1) is 17.7. The van der Waals surface area contributed by atoms with Crippen LogP contribution >= 0.6 is 0 Å². The zero-order valence-corrected chi connectivity index (χ0v) is 14.8. The molecule has 0 aliphatic carbocycles. The highest BCUT2D eigenvalue weighted by Gasteiger charge is 2.12. The Morgan fingerprint density at radius 3 is 2.69 bits per heavy atom. The normalized spacial score (nSPS) is 12.7. The van der Waals surface area contributed by atoms with Gasteiger partial charge in [0.1, 0.15) is 13.2 Å². The molecule has 6 nitrogen and oxygen atoms in total. The summed E-state index contributed by atoms with van der Waals surface area (Å²) in [6.07, 6.45) is 3.18. The van der Waals surface area contributed by atoms with Gasteiger partial charge in [-0.3, -0.25) is 4.79 Å². The van der Waals surface area contributed by atoms with Gasteiger partial charge >= 0.3 is 0 Å². The first-order chi connectivity index (χ1) is 12.7. The molecule has 1 aliphatic rings. The molecule has 1 aliphatic heterocycles. The second-order valence-corrected chi connectivity index (χ2v) is 5.52. The summed E-state index contributed by atoms with van der Waals surface area (Å²) in [6, 6.07) is 10.8. The van der Waals surface area contributed by atoms with Crippen LogP contribution in [0.15, 0.2) is 42.5 Å². The first-order valence-electron chi connectivity index (χ1n) is 8.39. The fourth-order valence-electron chi connectivity index (χ4n) is 2.54. The molecule has 3 rings (SSSR count). The Morgan fingerprint density at radius 2 is 1.92 bits per heavy atom. The van der Waals surface area contributed by atoms with Crippen molar-refractivity contribution in [3.8, 4) is 23.0 Å². The van der Waals surface area contributed by atoms with E-state index >= 15 is 0 Å². The molecular formula is C20H21NO5. The number of ether oxygens (including phenoxy) is 4. The van der Waals surface area contributed by atoms with Crippen molar-refractivity contribution in [1.29, 1.82) is 0 Å². The number of carbonyl (C=O) groups is 1. The maximum atomic E-state index is 12.2. The molecule has 0 spiro atoms. The molecule has 136 valence electrons. The molecule has 0 aromatic heterocycles. The molecule has 0 radical (unpaired) electrons. The van der Waals surface area contributed by atoms with E-state index in [1.807, 2.05) is 25.1 Å². The standard InChI is InChI=1S/C20H21NO5/c1-3-24-18-12-14(4-7-16(18)23-2)5-9-20(22)21-15-6-8-17-19(13-15)26-11-10-25-17/h4-9,12-13H,3,10-11H2,1-2H3,(H,21,22)/b9-5+. The van der Waals surface area contributed by atoms with E-state index in [2.05, 4.69) is 5.32 Å². The van der Waals surface area contributed by atoms with Crippen LogP contribution in [0.3, 0.4) is 0 Å². The highest BCUT2D eigenvalue weighted by molar-refractivity contribution is 6.02. The van der Waals surface area contributed by atoms with Gasteiger partial charge in [0.15, 0.2) is 23.0 Å². The van der Waals surface area contributed by atoms with E-state index in [9.17, 15) is 4.79 Å². The fourth-order valence-corrected chi connectivity index (χ4v) is 2.54. The highest BCUT2D eigenvalue weighted by atomic mass is 16.6. The molecular weight excluding hydrogens is 334 g/mol. The van der Waals surface area contributed by atoms with Gasteiger partial charge in [-0.15, -0.1) is 0 Å². The molecule has 1 heterocycles. The molecule has 0 saturated heterocycles. The monoisotopic (exact) mass is 355 g/mol. The smallest absolute Gasteiger partial charge is 0.248 e. The maximum Gasteiger partial charge on any atom is 0.248 e. The van der Waals surface area contributed by atoms with Crippen LogP contribution in [0.5, 0.6) is 23.0 Å². The largest absolute Gasteiger partial charge is 0.493 e. The van der Waals surface area contributed by atoms with E-state index in [1.54, 1.807) is 31.4 Å². The van der Waals surface area contributed by atoms with Gasteiger partial charge in [-0.1, -0.05) is 6.07 Å². The van der Waals surface area contributed by atoms with E-state index in [-0.39, 0.29) is 5.91 Å². The van der Waals surface area contributed by atoms with Crippen LogP contribution < -0.4 is 24.3 Å². The van der Waals surface area contributed by atoms with Crippen molar-refractivity contribution in [1.82, 2.24) is 0 Å². The Labute approximate surface area is 152 Å². The number of benzene rings is 2. The van der Waals surface area contributed by atoms with Gasteiger partial charge < -0.3 is 24.3 Å². The van der Waals surface area contributed by atoms with Gasteiger partial charge in [0.25, 0.3) is 0 Å². The van der Waals surface area contributed by atoms with Gasteiger partial charge in [-0.2, -0.15) is 0 Å². The molecule has 6 heteroatoms. The van der Waals surface area contributed by atoms with Crippen molar-refractivity contribution >= 4 is 17.7 Å². The number of rotatable bonds is 6. The van der Waals surface area contributed by atoms with Gasteiger partial charge in [0.05, 0.1) is 13.7 Å². The van der Waals surface area contributed by atoms with Crippen molar-refractivity contribution < 1.29 is 23.7 Å². The lowest BCUT2D eigenvalue weighted by molar-refractivity contribution is -0.111. The zero-order valence-electron chi connectivity index (χ0n) is 14.8. The Morgan fingerprint density at radius 1 is 1.12 bits per heavy atom. The van der Waals surface area contributed by atoms with E-state index in [1.165, 1.54) is 6.08 Å². The van der Waals surface area contributed by atoms with Gasteiger partial charge in [-0.05, 0) is 42.8 Å². The summed E-state index contributed by atoms with van der Waals surface area (Å²) in [6.45, 7) is 3.48. The van der Waals surface area contributed by atoms with E-state index < -0.39 is 0 Å². The number of fused-ring (bicyclic) bond motifs is 1. The predicted octanol–water partition coefficient (Wildman–Crippen LogP) is 3.52. The van der Waals surface area contributed by atoms with E-state index in [0.29, 0.717) is 48.5 Å². The third kappa shape index (κ3) is 4.27. The highest BCUT2D eigenvalue weighted by Crippen LogP contribution is 2.32. The number of hydrogen-bond donors (Lipinski definition) is 1. The number of anilines is 1. The molecule has 26 heavy (non-hydrogen) atoms. The number of amides is 1. The molecule has 0 fully saturated rings. The third-order valence-corrected chi connectivity index (χ3v) is 3.72. The molecule has 0 saturated carbocycles. The van der Waals surface area contributed by atoms with Crippen LogP contribution in [0, 0.1) is 0 Å². The summed E-state index contributed by atoms with van der Waals surface area (Å²) in [5.41, 5.74) is 1.49. The summed E-state index contributed by atoms with van der Waals surface area (Å²) < 4.78 is 21.8. The van der Waals surface area contributed by atoms with Crippen molar-refractivity contribution in [2.24, 2.45) is 0 Å². The van der Waals surface area contributed by atoms with Crippen molar-refractivity contribution in [2.75, 3.05) is 32.2 Å². The molecule has 0 unspecified atom stereocenters. The van der Waals surface area contributed by atoms with E-state index in [4.69, 9.17) is 18.9 Å². The predicted molar refractivity (Wildman–Crippen MR) is 99.3 cm³/mol. The number of hydrogen-bond acceptors (Lipinski definition) is 5. The van der Waals surface area contributed by atoms with Gasteiger partial charge in [0.2, 0.25) is 5.91 Å². The minimum Gasteiger partial charge on any atom is -0.493 e. The summed E-state index contributed by atoms with van der Waals surface area (Å²) in [4.78, 5) is 12.2. The minimum absolute atomic E-state index is 0.240. The fraction of sp³-hybridized carbons (Fsp3) is 0.250. The van der Waals surface area contributed by atoms with Crippen LogP contribution in [0.25, 0.3) is 6.08 Å². The molecule has 2 aromatic rings. The Kier molecular flexibility index (Phi) is 5.63. The Bertz CT molecular complexity index is 816. The quantitative estimate of drug-likeness (QED) is 0.803. The summed E-state index contributed by atoms with van der Waals surface area (Å²) in [5.74, 6) is 2.38. The van der Waals surface area contributed by atoms with Crippen molar-refractivity contribution in [3.63, 3.8) is 0 Å². The molecule has 2 aromatic carbocycles. The summed E-state index contributed by atoms with van der Waals surface area (Å²) in [5, 5.41) is 2.81. The average molecular weight is 355 g/mol. The van der Waals surface area contributed by atoms with Crippen LogP contribution in [0.4, 0.5) is 5.69 Å². The molecule has 1 N–H and O–H groups in total. The van der Waals surface area contributed by atoms with Gasteiger partial charge in [0, 0.05) is 17.8 Å². The number of carbonyl (C=O) groups excluding carboxylic acids is 1. The number of methoxy groups -OCH3 is 1. The van der Waals surface area contributed by atoms with Crippen molar-refractivity contribution in [3.05, 3.63) is 48.0 Å². The molecule has 1 amide bonds. The van der Waals surface area contributed by atoms with Crippen molar-refractivity contribution in [2.45, 2.75) is 6.92 Å². The Hall–Kier alpha value is -3.15. The summed E-state index contributed by atoms with van der Waals surface area (Å²) in [7, 11) is 1.59. The second-order valence-electron chi connectivity index (χ2n) is 5.52. The lowest BCUT2D eigenvalue weighted by atomic mass is 10.2. The lowest BCUT2D eigenvalue weighted by Crippen LogP contribution is -2.16. The van der Waals surface area contributed by atoms with Crippen LogP contribution in [0.1, 0.15) is 12.5 Å². The minimum atomic E-state index is -0.240. The first-order valence-corrected chi connectivity index (χ1v) is 8.39. The number of nitrogens with one attached hydrogen (secondary N) is 1. The van der Waals surface area contributed by atoms with Crippen LogP contribution in [-0.2, 0) is 4.79 Å². The zero-order chi connectivity index (χ0) is 18.4. The topological polar surface area (TPSA) is 66.0 Å². The lowest BCUT2D eigenvalue weighted by Gasteiger charge is -2.18. The van der Waals surface area contributed by atoms with Crippen LogP contribution in [-0.4, -0.2) is 32.8 Å². The maximum absolute atomic E-state index is 12.2. The average Bonchev–Trinajstić information content (AvgIpc) is 2.67. The van der Waals surface area contributed by atoms with Crippen LogP contribution in [0.2, 0.25) is 0 Å². The second kappa shape index (κ2) is 8.29. The van der Waals surface area contributed by atoms with E-state index in [0.717, 1.165) is 5.56 Å². The SMILES string of the molecule is CCOc1cc(/C=C/C(=O)Nc2ccc3c(c2)OCCO3)ccc1OC. The Balaban J connectivity index is 1.67. The summed E-state index contributed by atoms with van der Waals surface area (Å²) >= 11 is 0. The van der Waals surface area contributed by atoms with Gasteiger partial charge in [-0.25, -0.2) is 0 Å². The molecule has 0 bridgehead atoms. The third-order valence-electron chi connectivity index (χ3n) is 3.72. The molecule has 0 atom stereocenters.